The SMILES string of the molecule is O=C1CCC(N2Cc3c(ccc(C[C@H]4CCCC[C@@H]4NC4CCCCC4)c3F)C2=O)C(=O)N1. The van der Waals surface area contributed by atoms with E-state index in [1.807, 2.05) is 0 Å². The molecular weight excluding hydrogens is 421 g/mol. The molecule has 5 rings (SSSR count). The van der Waals surface area contributed by atoms with Crippen LogP contribution in [0.2, 0.25) is 0 Å². The number of carbonyl (C=O) groups excluding carboxylic acids is 3. The third-order valence-electron chi connectivity index (χ3n) is 8.18. The monoisotopic (exact) mass is 455 g/mol. The van der Waals surface area contributed by atoms with E-state index in [2.05, 4.69) is 10.6 Å². The molecule has 7 heteroatoms. The Bertz CT molecular complexity index is 943. The Morgan fingerprint density at radius 3 is 2.52 bits per heavy atom. The molecule has 0 bridgehead atoms. The molecule has 2 saturated carbocycles. The van der Waals surface area contributed by atoms with Gasteiger partial charge in [-0.25, -0.2) is 4.39 Å². The standard InChI is InChI=1S/C26H34FN3O3/c27-24-17(14-16-6-4-5-9-21(16)28-18-7-2-1-3-8-18)10-11-19-20(24)15-30(26(19)33)22-12-13-23(31)29-25(22)32/h10-11,16,18,21-22,28H,1-9,12-15H2,(H,29,31,32)/t16-,21+,22?/m1/s1. The number of imide groups is 1. The zero-order chi connectivity index (χ0) is 22.9. The van der Waals surface area contributed by atoms with Gasteiger partial charge in [0.15, 0.2) is 0 Å². The fourth-order valence-corrected chi connectivity index (χ4v) is 6.34. The quantitative estimate of drug-likeness (QED) is 0.665. The Morgan fingerprint density at radius 1 is 0.970 bits per heavy atom. The lowest BCUT2D eigenvalue weighted by Gasteiger charge is -2.36. The molecule has 2 N–H and O–H groups in total. The normalized spacial score (nSPS) is 28.7. The predicted molar refractivity (Wildman–Crippen MR) is 122 cm³/mol. The first kappa shape index (κ1) is 22.5. The third kappa shape index (κ3) is 4.57. The molecule has 3 amide bonds. The average molecular weight is 456 g/mol. The van der Waals surface area contributed by atoms with Gasteiger partial charge in [0, 0.05) is 29.6 Å². The maximum atomic E-state index is 15.6. The van der Waals surface area contributed by atoms with E-state index in [1.165, 1.54) is 49.8 Å². The summed E-state index contributed by atoms with van der Waals surface area (Å²) in [6.45, 7) is 0.0918. The molecule has 1 saturated heterocycles. The molecule has 2 heterocycles. The molecule has 3 fully saturated rings. The second-order valence-electron chi connectivity index (χ2n) is 10.3. The van der Waals surface area contributed by atoms with Gasteiger partial charge < -0.3 is 10.2 Å². The molecule has 4 aliphatic rings. The number of carbonyl (C=O) groups is 3. The maximum Gasteiger partial charge on any atom is 0.255 e. The molecule has 1 unspecified atom stereocenters. The number of halogens is 1. The number of fused-ring (bicyclic) bond motifs is 1. The first-order chi connectivity index (χ1) is 16.0. The number of nitrogens with zero attached hydrogens (tertiary/aromatic N) is 1. The molecule has 3 atom stereocenters. The molecule has 178 valence electrons. The number of hydrogen-bond donors (Lipinski definition) is 2. The zero-order valence-corrected chi connectivity index (χ0v) is 19.2. The van der Waals surface area contributed by atoms with Crippen LogP contribution in [0, 0.1) is 11.7 Å². The molecule has 6 nitrogen and oxygen atoms in total. The first-order valence-corrected chi connectivity index (χ1v) is 12.7. The number of piperidine rings is 1. The summed E-state index contributed by atoms with van der Waals surface area (Å²) in [6.07, 6.45) is 12.2. The lowest BCUT2D eigenvalue weighted by molar-refractivity contribution is -0.136. The van der Waals surface area contributed by atoms with Crippen LogP contribution < -0.4 is 10.6 Å². The Kier molecular flexibility index (Phi) is 6.50. The maximum absolute atomic E-state index is 15.6. The average Bonchev–Trinajstić information content (AvgIpc) is 3.14. The fourth-order valence-electron chi connectivity index (χ4n) is 6.34. The van der Waals surface area contributed by atoms with Crippen molar-refractivity contribution in [1.29, 1.82) is 0 Å². The van der Waals surface area contributed by atoms with Crippen LogP contribution in [0.3, 0.4) is 0 Å². The highest BCUT2D eigenvalue weighted by Gasteiger charge is 2.40. The van der Waals surface area contributed by atoms with Gasteiger partial charge in [-0.2, -0.15) is 0 Å². The van der Waals surface area contributed by atoms with E-state index in [-0.39, 0.29) is 37.0 Å². The highest BCUT2D eigenvalue weighted by Crippen LogP contribution is 2.34. The first-order valence-electron chi connectivity index (χ1n) is 12.7. The lowest BCUT2D eigenvalue weighted by Crippen LogP contribution is -2.52. The second kappa shape index (κ2) is 9.53. The van der Waals surface area contributed by atoms with Crippen molar-refractivity contribution >= 4 is 17.7 Å². The van der Waals surface area contributed by atoms with Gasteiger partial charge in [-0.05, 0) is 56.1 Å². The van der Waals surface area contributed by atoms with E-state index in [1.54, 1.807) is 12.1 Å². The fraction of sp³-hybridized carbons (Fsp3) is 0.654. The van der Waals surface area contributed by atoms with Gasteiger partial charge >= 0.3 is 0 Å². The molecule has 1 aromatic carbocycles. The molecule has 2 aliphatic carbocycles. The Hall–Kier alpha value is -2.28. The Morgan fingerprint density at radius 2 is 1.73 bits per heavy atom. The highest BCUT2D eigenvalue weighted by molar-refractivity contribution is 6.05. The van der Waals surface area contributed by atoms with E-state index >= 15 is 4.39 Å². The van der Waals surface area contributed by atoms with E-state index in [0.29, 0.717) is 41.1 Å². The van der Waals surface area contributed by atoms with Crippen molar-refractivity contribution in [3.8, 4) is 0 Å². The minimum Gasteiger partial charge on any atom is -0.322 e. The van der Waals surface area contributed by atoms with Crippen molar-refractivity contribution in [3.63, 3.8) is 0 Å². The van der Waals surface area contributed by atoms with E-state index in [9.17, 15) is 14.4 Å². The van der Waals surface area contributed by atoms with Crippen molar-refractivity contribution in [2.45, 2.75) is 102 Å². The molecular formula is C26H34FN3O3. The molecule has 1 aromatic rings. The van der Waals surface area contributed by atoms with Crippen LogP contribution in [0.25, 0.3) is 0 Å². The highest BCUT2D eigenvalue weighted by atomic mass is 19.1. The van der Waals surface area contributed by atoms with Crippen molar-refractivity contribution in [2.24, 2.45) is 5.92 Å². The number of hydrogen-bond acceptors (Lipinski definition) is 4. The van der Waals surface area contributed by atoms with Crippen LogP contribution in [0.5, 0.6) is 0 Å². The van der Waals surface area contributed by atoms with Gasteiger partial charge in [0.2, 0.25) is 11.8 Å². The van der Waals surface area contributed by atoms with Crippen molar-refractivity contribution < 1.29 is 18.8 Å². The minimum atomic E-state index is -0.715. The summed E-state index contributed by atoms with van der Waals surface area (Å²) in [5.74, 6) is -1.00. The van der Waals surface area contributed by atoms with Gasteiger partial charge in [0.1, 0.15) is 11.9 Å². The van der Waals surface area contributed by atoms with Crippen LogP contribution in [0.1, 0.15) is 92.1 Å². The largest absolute Gasteiger partial charge is 0.322 e. The summed E-state index contributed by atoms with van der Waals surface area (Å²) in [7, 11) is 0. The van der Waals surface area contributed by atoms with E-state index in [0.717, 1.165) is 12.8 Å². The summed E-state index contributed by atoms with van der Waals surface area (Å²) in [5.41, 5.74) is 1.42. The van der Waals surface area contributed by atoms with Crippen LogP contribution in [0.15, 0.2) is 12.1 Å². The van der Waals surface area contributed by atoms with E-state index < -0.39 is 11.9 Å². The lowest BCUT2D eigenvalue weighted by atomic mass is 9.79. The summed E-state index contributed by atoms with van der Waals surface area (Å²) >= 11 is 0. The van der Waals surface area contributed by atoms with Crippen molar-refractivity contribution in [1.82, 2.24) is 15.5 Å². The summed E-state index contributed by atoms with van der Waals surface area (Å²) in [5, 5.41) is 6.21. The Labute approximate surface area is 194 Å². The predicted octanol–water partition coefficient (Wildman–Crippen LogP) is 3.61. The van der Waals surface area contributed by atoms with Gasteiger partial charge in [0.25, 0.3) is 5.91 Å². The number of benzene rings is 1. The van der Waals surface area contributed by atoms with Crippen molar-refractivity contribution in [2.75, 3.05) is 0 Å². The van der Waals surface area contributed by atoms with Crippen LogP contribution >= 0.6 is 0 Å². The van der Waals surface area contributed by atoms with Gasteiger partial charge in [0.05, 0.1) is 6.54 Å². The van der Waals surface area contributed by atoms with Crippen LogP contribution in [0.4, 0.5) is 4.39 Å². The molecule has 2 aliphatic heterocycles. The number of nitrogens with one attached hydrogen (secondary N) is 2. The molecule has 33 heavy (non-hydrogen) atoms. The second-order valence-corrected chi connectivity index (χ2v) is 10.3. The molecule has 0 spiro atoms. The topological polar surface area (TPSA) is 78.5 Å². The molecule has 0 aromatic heterocycles. The summed E-state index contributed by atoms with van der Waals surface area (Å²) in [6, 6.07) is 3.80. The van der Waals surface area contributed by atoms with Gasteiger partial charge in [-0.15, -0.1) is 0 Å². The minimum absolute atomic E-state index is 0.0918. The summed E-state index contributed by atoms with van der Waals surface area (Å²) < 4.78 is 15.6. The Balaban J connectivity index is 1.30. The van der Waals surface area contributed by atoms with E-state index in [4.69, 9.17) is 0 Å². The van der Waals surface area contributed by atoms with Crippen LogP contribution in [-0.4, -0.2) is 40.7 Å². The molecule has 0 radical (unpaired) electrons. The van der Waals surface area contributed by atoms with Gasteiger partial charge in [-0.3, -0.25) is 19.7 Å². The number of amides is 3. The zero-order valence-electron chi connectivity index (χ0n) is 19.2. The van der Waals surface area contributed by atoms with Crippen LogP contribution in [-0.2, 0) is 22.6 Å². The smallest absolute Gasteiger partial charge is 0.255 e. The van der Waals surface area contributed by atoms with Gasteiger partial charge in [-0.1, -0.05) is 38.2 Å². The number of rotatable bonds is 5. The summed E-state index contributed by atoms with van der Waals surface area (Å²) in [4.78, 5) is 38.1. The third-order valence-corrected chi connectivity index (χ3v) is 8.18. The van der Waals surface area contributed by atoms with Crippen molar-refractivity contribution in [3.05, 3.63) is 34.6 Å².